The summed E-state index contributed by atoms with van der Waals surface area (Å²) in [5.41, 5.74) is 1.37. The molecule has 2 aromatic rings. The molecule has 0 aromatic heterocycles. The Hall–Kier alpha value is -3.91. The third kappa shape index (κ3) is 7.33. The molecule has 0 saturated heterocycles. The normalized spacial score (nSPS) is 12.1. The standard InChI is InChI=1S/C25H26O8/c1-3-33-25(31)14-19(21(28)9-5-16-4-8-20(27)18(12-16)15-26)22(29)10-6-17-7-11-23(30)24(13-17)32-2/h4-13,19,26-27,30H,3,14-15H2,1-2H3. The molecule has 2 aromatic carbocycles. The highest BCUT2D eigenvalue weighted by Crippen LogP contribution is 2.27. The number of esters is 1. The SMILES string of the molecule is CCOC(=O)CC(C(=O)C=Cc1ccc(O)c(CO)c1)C(=O)C=Cc1ccc(O)c(OC)c1. The van der Waals surface area contributed by atoms with E-state index in [1.807, 2.05) is 0 Å². The fourth-order valence-electron chi connectivity index (χ4n) is 2.95. The molecule has 0 radical (unpaired) electrons. The zero-order chi connectivity index (χ0) is 24.4. The molecule has 0 aliphatic rings. The van der Waals surface area contributed by atoms with Crippen LogP contribution in [0.3, 0.4) is 0 Å². The Morgan fingerprint density at radius 3 is 2.06 bits per heavy atom. The van der Waals surface area contributed by atoms with Crippen LogP contribution in [-0.4, -0.2) is 46.6 Å². The minimum Gasteiger partial charge on any atom is -0.508 e. The Morgan fingerprint density at radius 2 is 1.52 bits per heavy atom. The molecule has 0 aliphatic heterocycles. The summed E-state index contributed by atoms with van der Waals surface area (Å²) in [6.07, 6.45) is 4.82. The average molecular weight is 454 g/mol. The zero-order valence-electron chi connectivity index (χ0n) is 18.4. The number of ether oxygens (including phenoxy) is 2. The van der Waals surface area contributed by atoms with E-state index < -0.39 is 29.9 Å². The number of ketones is 2. The van der Waals surface area contributed by atoms with Gasteiger partial charge in [-0.05, 0) is 54.5 Å². The highest BCUT2D eigenvalue weighted by Gasteiger charge is 2.26. The molecule has 0 heterocycles. The molecule has 2 rings (SSSR count). The lowest BCUT2D eigenvalue weighted by atomic mass is 9.93. The van der Waals surface area contributed by atoms with Crippen LogP contribution >= 0.6 is 0 Å². The number of aromatic hydroxyl groups is 2. The van der Waals surface area contributed by atoms with Gasteiger partial charge >= 0.3 is 5.97 Å². The quantitative estimate of drug-likeness (QED) is 0.268. The van der Waals surface area contributed by atoms with E-state index in [0.29, 0.717) is 11.1 Å². The van der Waals surface area contributed by atoms with Crippen molar-refractivity contribution in [2.75, 3.05) is 13.7 Å². The van der Waals surface area contributed by atoms with E-state index in [2.05, 4.69) is 0 Å². The summed E-state index contributed by atoms with van der Waals surface area (Å²) >= 11 is 0. The van der Waals surface area contributed by atoms with Gasteiger partial charge in [-0.2, -0.15) is 0 Å². The van der Waals surface area contributed by atoms with Crippen molar-refractivity contribution in [3.8, 4) is 17.2 Å². The van der Waals surface area contributed by atoms with Gasteiger partial charge in [-0.3, -0.25) is 14.4 Å². The van der Waals surface area contributed by atoms with Crippen LogP contribution < -0.4 is 4.74 Å². The highest BCUT2D eigenvalue weighted by molar-refractivity contribution is 6.15. The van der Waals surface area contributed by atoms with Crippen LogP contribution in [0.25, 0.3) is 12.2 Å². The van der Waals surface area contributed by atoms with Gasteiger partial charge in [0.05, 0.1) is 32.7 Å². The monoisotopic (exact) mass is 454 g/mol. The summed E-state index contributed by atoms with van der Waals surface area (Å²) in [5.74, 6) is -3.06. The predicted octanol–water partition coefficient (Wildman–Crippen LogP) is 3.03. The van der Waals surface area contributed by atoms with Crippen molar-refractivity contribution in [1.29, 1.82) is 0 Å². The van der Waals surface area contributed by atoms with Gasteiger partial charge in [0.1, 0.15) is 5.75 Å². The summed E-state index contributed by atoms with van der Waals surface area (Å²) in [6, 6.07) is 8.91. The van der Waals surface area contributed by atoms with E-state index in [1.165, 1.54) is 55.7 Å². The molecule has 0 saturated carbocycles. The molecule has 1 atom stereocenters. The van der Waals surface area contributed by atoms with Gasteiger partial charge in [-0.25, -0.2) is 0 Å². The van der Waals surface area contributed by atoms with E-state index in [1.54, 1.807) is 19.1 Å². The molecule has 0 amide bonds. The van der Waals surface area contributed by atoms with Crippen molar-refractivity contribution >= 4 is 29.7 Å². The first kappa shape index (κ1) is 25.4. The number of carbonyl (C=O) groups is 3. The zero-order valence-corrected chi connectivity index (χ0v) is 18.4. The fourth-order valence-corrected chi connectivity index (χ4v) is 2.95. The van der Waals surface area contributed by atoms with Gasteiger partial charge in [0.15, 0.2) is 23.1 Å². The van der Waals surface area contributed by atoms with Crippen molar-refractivity contribution in [1.82, 2.24) is 0 Å². The lowest BCUT2D eigenvalue weighted by Gasteiger charge is -2.10. The first-order valence-electron chi connectivity index (χ1n) is 10.2. The lowest BCUT2D eigenvalue weighted by Crippen LogP contribution is -2.25. The number of carbonyl (C=O) groups excluding carboxylic acids is 3. The maximum absolute atomic E-state index is 12.8. The van der Waals surface area contributed by atoms with E-state index in [-0.39, 0.29) is 36.0 Å². The van der Waals surface area contributed by atoms with Gasteiger partial charge in [-0.15, -0.1) is 0 Å². The third-order valence-electron chi connectivity index (χ3n) is 4.72. The second-order valence-corrected chi connectivity index (χ2v) is 7.01. The molecule has 33 heavy (non-hydrogen) atoms. The third-order valence-corrected chi connectivity index (χ3v) is 4.72. The van der Waals surface area contributed by atoms with E-state index in [9.17, 15) is 29.7 Å². The number of benzene rings is 2. The Balaban J connectivity index is 2.24. The van der Waals surface area contributed by atoms with Crippen molar-refractivity contribution < 1.29 is 39.2 Å². The van der Waals surface area contributed by atoms with Crippen molar-refractivity contribution in [2.45, 2.75) is 20.0 Å². The molecule has 0 aliphatic carbocycles. The number of rotatable bonds is 11. The first-order valence-corrected chi connectivity index (χ1v) is 10.2. The van der Waals surface area contributed by atoms with Crippen LogP contribution in [0.2, 0.25) is 0 Å². The number of hydrogen-bond donors (Lipinski definition) is 3. The highest BCUT2D eigenvalue weighted by atomic mass is 16.5. The molecule has 1 unspecified atom stereocenters. The van der Waals surface area contributed by atoms with Crippen molar-refractivity contribution in [3.05, 3.63) is 65.2 Å². The van der Waals surface area contributed by atoms with Crippen LogP contribution in [-0.2, 0) is 25.7 Å². The average Bonchev–Trinajstić information content (AvgIpc) is 2.81. The van der Waals surface area contributed by atoms with E-state index in [0.717, 1.165) is 0 Å². The first-order chi connectivity index (χ1) is 15.8. The maximum Gasteiger partial charge on any atom is 0.306 e. The van der Waals surface area contributed by atoms with Crippen LogP contribution in [0.4, 0.5) is 0 Å². The van der Waals surface area contributed by atoms with Gasteiger partial charge in [-0.1, -0.05) is 24.3 Å². The van der Waals surface area contributed by atoms with Gasteiger partial charge in [0.2, 0.25) is 0 Å². The van der Waals surface area contributed by atoms with Crippen molar-refractivity contribution in [2.24, 2.45) is 5.92 Å². The summed E-state index contributed by atoms with van der Waals surface area (Å²) in [4.78, 5) is 37.5. The van der Waals surface area contributed by atoms with E-state index >= 15 is 0 Å². The fraction of sp³-hybridized carbons (Fsp3) is 0.240. The minimum absolute atomic E-state index is 0.0555. The summed E-state index contributed by atoms with van der Waals surface area (Å²) in [6.45, 7) is 1.36. The second-order valence-electron chi connectivity index (χ2n) is 7.01. The Bertz CT molecular complexity index is 993. The number of hydrogen-bond acceptors (Lipinski definition) is 8. The summed E-state index contributed by atoms with van der Waals surface area (Å²) in [7, 11) is 1.39. The van der Waals surface area contributed by atoms with Gasteiger partial charge in [0, 0.05) is 5.56 Å². The number of methoxy groups -OCH3 is 1. The number of phenols is 2. The molecule has 8 nitrogen and oxygen atoms in total. The van der Waals surface area contributed by atoms with Crippen molar-refractivity contribution in [3.63, 3.8) is 0 Å². The van der Waals surface area contributed by atoms with E-state index in [4.69, 9.17) is 9.47 Å². The molecule has 0 bridgehead atoms. The Kier molecular flexibility index (Phi) is 9.38. The maximum atomic E-state index is 12.8. The molecule has 174 valence electrons. The molecule has 3 N–H and O–H groups in total. The van der Waals surface area contributed by atoms with Crippen LogP contribution in [0.5, 0.6) is 17.2 Å². The van der Waals surface area contributed by atoms with Gasteiger partial charge < -0.3 is 24.8 Å². The minimum atomic E-state index is -1.29. The van der Waals surface area contributed by atoms with Gasteiger partial charge in [0.25, 0.3) is 0 Å². The Morgan fingerprint density at radius 1 is 0.939 bits per heavy atom. The number of allylic oxidation sites excluding steroid dienone is 2. The molecule has 8 heteroatoms. The summed E-state index contributed by atoms with van der Waals surface area (Å²) < 4.78 is 9.92. The molecule has 0 spiro atoms. The largest absolute Gasteiger partial charge is 0.508 e. The molecular formula is C25H26O8. The van der Waals surface area contributed by atoms with Crippen LogP contribution in [0.15, 0.2) is 48.6 Å². The topological polar surface area (TPSA) is 130 Å². The second kappa shape index (κ2) is 12.2. The van der Waals surface area contributed by atoms with Crippen LogP contribution in [0.1, 0.15) is 30.0 Å². The smallest absolute Gasteiger partial charge is 0.306 e. The number of aliphatic hydroxyl groups is 1. The molecular weight excluding hydrogens is 428 g/mol. The lowest BCUT2D eigenvalue weighted by molar-refractivity contribution is -0.147. The predicted molar refractivity (Wildman–Crippen MR) is 122 cm³/mol. The Labute approximate surface area is 191 Å². The number of aliphatic hydroxyl groups excluding tert-OH is 1. The van der Waals surface area contributed by atoms with Crippen LogP contribution in [0, 0.1) is 5.92 Å². The summed E-state index contributed by atoms with van der Waals surface area (Å²) in [5, 5.41) is 28.6. The molecule has 0 fully saturated rings. The number of phenolic OH excluding ortho intramolecular Hbond substituents is 1.